The molecule has 0 radical (unpaired) electrons. The molecule has 0 aromatic carbocycles. The van der Waals surface area contributed by atoms with Crippen LogP contribution in [0.25, 0.3) is 0 Å². The normalized spacial score (nSPS) is 20.9. The van der Waals surface area contributed by atoms with Crippen molar-refractivity contribution in [2.75, 3.05) is 0 Å². The second-order valence-electron chi connectivity index (χ2n) is 6.86. The summed E-state index contributed by atoms with van der Waals surface area (Å²) >= 11 is 0. The molecule has 0 aromatic heterocycles. The number of carbonyl (C=O) groups excluding carboxylic acids is 1. The molecule has 112 valence electrons. The average Bonchev–Trinajstić information content (AvgIpc) is 2.34. The average molecular weight is 270 g/mol. The Morgan fingerprint density at radius 1 is 1.26 bits per heavy atom. The first-order valence-corrected chi connectivity index (χ1v) is 7.74. The third-order valence-corrected chi connectivity index (χ3v) is 3.90. The van der Waals surface area contributed by atoms with Crippen LogP contribution in [0, 0.1) is 11.8 Å². The highest BCUT2D eigenvalue weighted by atomic mass is 16.6. The van der Waals surface area contributed by atoms with Crippen molar-refractivity contribution in [1.29, 1.82) is 0 Å². The molecule has 0 aromatic rings. The summed E-state index contributed by atoms with van der Waals surface area (Å²) in [6.45, 7) is 7.55. The Morgan fingerprint density at radius 2 is 1.84 bits per heavy atom. The van der Waals surface area contributed by atoms with E-state index in [0.29, 0.717) is 12.3 Å². The van der Waals surface area contributed by atoms with Crippen LogP contribution in [0.4, 0.5) is 0 Å². The smallest absolute Gasteiger partial charge is 0.312 e. The number of carbonyl (C=O) groups is 1. The summed E-state index contributed by atoms with van der Waals surface area (Å²) in [7, 11) is 0. The molecule has 0 saturated heterocycles. The van der Waals surface area contributed by atoms with E-state index in [4.69, 9.17) is 4.74 Å². The van der Waals surface area contributed by atoms with Crippen LogP contribution < -0.4 is 0 Å². The van der Waals surface area contributed by atoms with Gasteiger partial charge < -0.3 is 9.84 Å². The lowest BCUT2D eigenvalue weighted by molar-refractivity contribution is -0.165. The molecule has 3 nitrogen and oxygen atoms in total. The molecule has 3 heteroatoms. The molecule has 19 heavy (non-hydrogen) atoms. The first-order valence-electron chi connectivity index (χ1n) is 7.74. The topological polar surface area (TPSA) is 46.5 Å². The third kappa shape index (κ3) is 5.94. The molecule has 0 bridgehead atoms. The molecule has 0 aliphatic heterocycles. The number of ether oxygens (including phenoxy) is 1. The first kappa shape index (κ1) is 16.5. The highest BCUT2D eigenvalue weighted by Gasteiger charge is 2.32. The van der Waals surface area contributed by atoms with E-state index in [2.05, 4.69) is 0 Å². The molecule has 1 rings (SSSR count). The van der Waals surface area contributed by atoms with Gasteiger partial charge in [-0.25, -0.2) is 0 Å². The van der Waals surface area contributed by atoms with Gasteiger partial charge in [0.2, 0.25) is 0 Å². The molecule has 0 heterocycles. The SMILES string of the molecule is CC[C@@H](O)[C@H](CC1CCCCC1)C(=O)OC(C)(C)C. The predicted octanol–water partition coefficient (Wildman–Crippen LogP) is 3.69. The van der Waals surface area contributed by atoms with E-state index >= 15 is 0 Å². The lowest BCUT2D eigenvalue weighted by atomic mass is 9.80. The second kappa shape index (κ2) is 7.28. The van der Waals surface area contributed by atoms with Gasteiger partial charge in [-0.15, -0.1) is 0 Å². The first-order chi connectivity index (χ1) is 8.83. The van der Waals surface area contributed by atoms with E-state index in [1.165, 1.54) is 32.1 Å². The zero-order chi connectivity index (χ0) is 14.5. The Hall–Kier alpha value is -0.570. The molecule has 1 N–H and O–H groups in total. The summed E-state index contributed by atoms with van der Waals surface area (Å²) in [5.41, 5.74) is -0.477. The fraction of sp³-hybridized carbons (Fsp3) is 0.938. The van der Waals surface area contributed by atoms with Gasteiger partial charge in [-0.1, -0.05) is 39.0 Å². The Bertz CT molecular complexity index is 274. The van der Waals surface area contributed by atoms with Gasteiger partial charge in [0.15, 0.2) is 0 Å². The van der Waals surface area contributed by atoms with Crippen molar-refractivity contribution in [2.45, 2.75) is 84.3 Å². The number of rotatable bonds is 5. The quantitative estimate of drug-likeness (QED) is 0.775. The minimum absolute atomic E-state index is 0.229. The van der Waals surface area contributed by atoms with Crippen molar-refractivity contribution >= 4 is 5.97 Å². The van der Waals surface area contributed by atoms with Gasteiger partial charge in [-0.05, 0) is 39.5 Å². The van der Waals surface area contributed by atoms with Crippen LogP contribution in [0.5, 0.6) is 0 Å². The van der Waals surface area contributed by atoms with Crippen LogP contribution in [0.15, 0.2) is 0 Å². The summed E-state index contributed by atoms with van der Waals surface area (Å²) in [5.74, 6) is -0.00721. The molecule has 1 aliphatic rings. The van der Waals surface area contributed by atoms with Crippen LogP contribution in [0.3, 0.4) is 0 Å². The highest BCUT2D eigenvalue weighted by Crippen LogP contribution is 2.31. The van der Waals surface area contributed by atoms with Gasteiger partial charge in [0.25, 0.3) is 0 Å². The van der Waals surface area contributed by atoms with Gasteiger partial charge in [-0.2, -0.15) is 0 Å². The number of aliphatic hydroxyl groups excluding tert-OH is 1. The monoisotopic (exact) mass is 270 g/mol. The number of esters is 1. The zero-order valence-corrected chi connectivity index (χ0v) is 12.9. The van der Waals surface area contributed by atoms with Crippen molar-refractivity contribution in [3.63, 3.8) is 0 Å². The second-order valence-corrected chi connectivity index (χ2v) is 6.86. The Labute approximate surface area is 117 Å². The predicted molar refractivity (Wildman–Crippen MR) is 76.8 cm³/mol. The van der Waals surface area contributed by atoms with E-state index in [0.717, 1.165) is 6.42 Å². The minimum Gasteiger partial charge on any atom is -0.460 e. The Balaban J connectivity index is 2.62. The fourth-order valence-corrected chi connectivity index (χ4v) is 2.85. The molecule has 0 spiro atoms. The molecule has 2 atom stereocenters. The molecule has 1 fully saturated rings. The van der Waals surface area contributed by atoms with Crippen LogP contribution >= 0.6 is 0 Å². The van der Waals surface area contributed by atoms with Crippen LogP contribution in [-0.2, 0) is 9.53 Å². The van der Waals surface area contributed by atoms with E-state index in [1.807, 2.05) is 27.7 Å². The fourth-order valence-electron chi connectivity index (χ4n) is 2.85. The Kier molecular flexibility index (Phi) is 6.31. The highest BCUT2D eigenvalue weighted by molar-refractivity contribution is 5.73. The third-order valence-electron chi connectivity index (χ3n) is 3.90. The summed E-state index contributed by atoms with van der Waals surface area (Å²) in [6.07, 6.45) is 7.02. The van der Waals surface area contributed by atoms with Crippen molar-refractivity contribution in [2.24, 2.45) is 11.8 Å². The largest absolute Gasteiger partial charge is 0.460 e. The van der Waals surface area contributed by atoms with E-state index in [-0.39, 0.29) is 11.9 Å². The Morgan fingerprint density at radius 3 is 2.32 bits per heavy atom. The van der Waals surface area contributed by atoms with Gasteiger partial charge in [0.1, 0.15) is 5.60 Å². The molecular formula is C16H30O3. The van der Waals surface area contributed by atoms with Crippen LogP contribution in [-0.4, -0.2) is 22.8 Å². The molecule has 1 saturated carbocycles. The molecule has 0 amide bonds. The van der Waals surface area contributed by atoms with Crippen molar-refractivity contribution in [3.8, 4) is 0 Å². The number of hydrogen-bond acceptors (Lipinski definition) is 3. The van der Waals surface area contributed by atoms with Gasteiger partial charge >= 0.3 is 5.97 Å². The van der Waals surface area contributed by atoms with Gasteiger partial charge in [-0.3, -0.25) is 4.79 Å². The number of hydrogen-bond donors (Lipinski definition) is 1. The summed E-state index contributed by atoms with van der Waals surface area (Å²) < 4.78 is 5.47. The summed E-state index contributed by atoms with van der Waals surface area (Å²) in [6, 6.07) is 0. The number of aliphatic hydroxyl groups is 1. The molecular weight excluding hydrogens is 240 g/mol. The summed E-state index contributed by atoms with van der Waals surface area (Å²) in [5, 5.41) is 10.1. The maximum absolute atomic E-state index is 12.3. The van der Waals surface area contributed by atoms with Gasteiger partial charge in [0.05, 0.1) is 12.0 Å². The van der Waals surface area contributed by atoms with E-state index < -0.39 is 11.7 Å². The van der Waals surface area contributed by atoms with Gasteiger partial charge in [0, 0.05) is 0 Å². The zero-order valence-electron chi connectivity index (χ0n) is 12.9. The van der Waals surface area contributed by atoms with Crippen molar-refractivity contribution in [3.05, 3.63) is 0 Å². The van der Waals surface area contributed by atoms with Crippen LogP contribution in [0.2, 0.25) is 0 Å². The maximum Gasteiger partial charge on any atom is 0.312 e. The van der Waals surface area contributed by atoms with Crippen molar-refractivity contribution < 1.29 is 14.6 Å². The standard InChI is InChI=1S/C16H30O3/c1-5-14(17)13(15(18)19-16(2,3)4)11-12-9-7-6-8-10-12/h12-14,17H,5-11H2,1-4H3/t13-,14+/m0/s1. The molecule has 1 aliphatic carbocycles. The van der Waals surface area contributed by atoms with Crippen molar-refractivity contribution in [1.82, 2.24) is 0 Å². The minimum atomic E-state index is -0.572. The van der Waals surface area contributed by atoms with Crippen LogP contribution in [0.1, 0.15) is 72.6 Å². The maximum atomic E-state index is 12.3. The lowest BCUT2D eigenvalue weighted by Crippen LogP contribution is -2.36. The van der Waals surface area contributed by atoms with E-state index in [1.54, 1.807) is 0 Å². The van der Waals surface area contributed by atoms with E-state index in [9.17, 15) is 9.90 Å². The summed E-state index contributed by atoms with van der Waals surface area (Å²) in [4.78, 5) is 12.3. The molecule has 0 unspecified atom stereocenters. The lowest BCUT2D eigenvalue weighted by Gasteiger charge is -2.30.